The minimum Gasteiger partial charge on any atom is -0.394 e. The van der Waals surface area contributed by atoms with Gasteiger partial charge in [0, 0.05) is 5.69 Å². The van der Waals surface area contributed by atoms with Crippen molar-refractivity contribution in [2.24, 2.45) is 0 Å². The van der Waals surface area contributed by atoms with Crippen molar-refractivity contribution < 1.29 is 10.2 Å². The van der Waals surface area contributed by atoms with Crippen LogP contribution >= 0.6 is 22.6 Å². The third-order valence-corrected chi connectivity index (χ3v) is 2.70. The second-order valence-corrected chi connectivity index (χ2v) is 3.76. The molecule has 1 unspecified atom stereocenters. The number of aliphatic hydroxyl groups is 2. The molecule has 5 heteroatoms. The molecule has 4 nitrogen and oxygen atoms in total. The molecule has 2 N–H and O–H groups in total. The van der Waals surface area contributed by atoms with E-state index in [0.717, 1.165) is 9.26 Å². The second kappa shape index (κ2) is 4.20. The van der Waals surface area contributed by atoms with Crippen molar-refractivity contribution >= 4 is 22.6 Å². The highest BCUT2D eigenvalue weighted by atomic mass is 127. The van der Waals surface area contributed by atoms with E-state index in [1.165, 1.54) is 0 Å². The molecule has 68 valence electrons. The summed E-state index contributed by atoms with van der Waals surface area (Å²) in [6.07, 6.45) is 1.01. The first kappa shape index (κ1) is 9.94. The van der Waals surface area contributed by atoms with Gasteiger partial charge in [-0.3, -0.25) is 4.68 Å². The van der Waals surface area contributed by atoms with Crippen LogP contribution in [0.2, 0.25) is 0 Å². The quantitative estimate of drug-likeness (QED) is 0.776. The number of halogens is 1. The van der Waals surface area contributed by atoms with Crippen LogP contribution in [0, 0.1) is 10.5 Å². The van der Waals surface area contributed by atoms with Crippen LogP contribution in [-0.2, 0) is 6.54 Å². The highest BCUT2D eigenvalue weighted by Crippen LogP contribution is 2.09. The van der Waals surface area contributed by atoms with Crippen molar-refractivity contribution in [2.75, 3.05) is 6.61 Å². The molecule has 12 heavy (non-hydrogen) atoms. The van der Waals surface area contributed by atoms with E-state index in [1.807, 2.05) is 6.92 Å². The predicted octanol–water partition coefficient (Wildman–Crippen LogP) is 0.149. The molecule has 0 fully saturated rings. The van der Waals surface area contributed by atoms with Gasteiger partial charge < -0.3 is 10.2 Å². The second-order valence-electron chi connectivity index (χ2n) is 2.60. The van der Waals surface area contributed by atoms with E-state index >= 15 is 0 Å². The van der Waals surface area contributed by atoms with Gasteiger partial charge >= 0.3 is 0 Å². The lowest BCUT2D eigenvalue weighted by Gasteiger charge is -2.08. The molecule has 0 amide bonds. The Morgan fingerprint density at radius 1 is 1.75 bits per heavy atom. The Labute approximate surface area is 84.3 Å². The molecule has 1 aromatic rings. The van der Waals surface area contributed by atoms with Gasteiger partial charge in [0.1, 0.15) is 0 Å². The van der Waals surface area contributed by atoms with Gasteiger partial charge in [0.15, 0.2) is 0 Å². The average Bonchev–Trinajstić information content (AvgIpc) is 2.36. The van der Waals surface area contributed by atoms with E-state index in [9.17, 15) is 0 Å². The Bertz CT molecular complexity index is 262. The Balaban J connectivity index is 2.69. The zero-order valence-corrected chi connectivity index (χ0v) is 8.89. The molecule has 0 aliphatic rings. The zero-order chi connectivity index (χ0) is 9.14. The first-order valence-corrected chi connectivity index (χ1v) is 4.70. The molecule has 0 saturated heterocycles. The van der Waals surface area contributed by atoms with Crippen LogP contribution in [0.1, 0.15) is 5.69 Å². The lowest BCUT2D eigenvalue weighted by molar-refractivity contribution is 0.0777. The first-order valence-electron chi connectivity index (χ1n) is 3.62. The smallest absolute Gasteiger partial charge is 0.0966 e. The van der Waals surface area contributed by atoms with Crippen LogP contribution in [0.4, 0.5) is 0 Å². The summed E-state index contributed by atoms with van der Waals surface area (Å²) in [6, 6.07) is 0. The Morgan fingerprint density at radius 2 is 2.42 bits per heavy atom. The fourth-order valence-corrected chi connectivity index (χ4v) is 1.27. The van der Waals surface area contributed by atoms with E-state index < -0.39 is 6.10 Å². The standard InChI is InChI=1S/C7H11IN2O2/c1-5-7(8)2-9-10(5)3-6(12)4-11/h2,6,11-12H,3-4H2,1H3. The van der Waals surface area contributed by atoms with Crippen LogP contribution in [-0.4, -0.2) is 32.7 Å². The predicted molar refractivity (Wildman–Crippen MR) is 52.8 cm³/mol. The van der Waals surface area contributed by atoms with E-state index in [0.29, 0.717) is 6.54 Å². The van der Waals surface area contributed by atoms with Crippen molar-refractivity contribution in [1.29, 1.82) is 0 Å². The summed E-state index contributed by atoms with van der Waals surface area (Å²) in [5, 5.41) is 21.8. The maximum atomic E-state index is 9.13. The largest absolute Gasteiger partial charge is 0.394 e. The van der Waals surface area contributed by atoms with Crippen molar-refractivity contribution in [2.45, 2.75) is 19.6 Å². The van der Waals surface area contributed by atoms with Crippen molar-refractivity contribution in [3.05, 3.63) is 15.5 Å². The molecule has 0 aliphatic carbocycles. The number of hydrogen-bond acceptors (Lipinski definition) is 3. The van der Waals surface area contributed by atoms with Gasteiger partial charge in [-0.05, 0) is 29.5 Å². The molecule has 0 aliphatic heterocycles. The molecule has 1 heterocycles. The summed E-state index contributed by atoms with van der Waals surface area (Å²) in [5.41, 5.74) is 1.02. The summed E-state index contributed by atoms with van der Waals surface area (Å²) in [4.78, 5) is 0. The van der Waals surface area contributed by atoms with Crippen LogP contribution in [0.15, 0.2) is 6.20 Å². The Morgan fingerprint density at radius 3 is 2.83 bits per heavy atom. The van der Waals surface area contributed by atoms with Gasteiger partial charge in [0.2, 0.25) is 0 Å². The van der Waals surface area contributed by atoms with Crippen LogP contribution in [0.3, 0.4) is 0 Å². The van der Waals surface area contributed by atoms with Crippen molar-refractivity contribution in [1.82, 2.24) is 9.78 Å². The summed E-state index contributed by atoms with van der Waals surface area (Å²) >= 11 is 2.18. The summed E-state index contributed by atoms with van der Waals surface area (Å²) in [6.45, 7) is 2.06. The number of rotatable bonds is 3. The van der Waals surface area contributed by atoms with Gasteiger partial charge in [-0.15, -0.1) is 0 Å². The van der Waals surface area contributed by atoms with E-state index in [1.54, 1.807) is 10.9 Å². The van der Waals surface area contributed by atoms with Crippen LogP contribution < -0.4 is 0 Å². The third kappa shape index (κ3) is 2.18. The van der Waals surface area contributed by atoms with E-state index in [4.69, 9.17) is 10.2 Å². The van der Waals surface area contributed by atoms with E-state index in [2.05, 4.69) is 27.7 Å². The number of aromatic nitrogens is 2. The third-order valence-electron chi connectivity index (χ3n) is 1.64. The first-order chi connectivity index (χ1) is 5.65. The van der Waals surface area contributed by atoms with Crippen molar-refractivity contribution in [3.8, 4) is 0 Å². The molecule has 1 rings (SSSR count). The molecular formula is C7H11IN2O2. The minimum absolute atomic E-state index is 0.226. The molecule has 0 spiro atoms. The van der Waals surface area contributed by atoms with Gasteiger partial charge in [0.25, 0.3) is 0 Å². The number of nitrogens with zero attached hydrogens (tertiary/aromatic N) is 2. The van der Waals surface area contributed by atoms with E-state index in [-0.39, 0.29) is 6.61 Å². The van der Waals surface area contributed by atoms with Crippen LogP contribution in [0.5, 0.6) is 0 Å². The minimum atomic E-state index is -0.723. The molecule has 0 bridgehead atoms. The van der Waals surface area contributed by atoms with Gasteiger partial charge in [-0.25, -0.2) is 0 Å². The summed E-state index contributed by atoms with van der Waals surface area (Å²) < 4.78 is 2.75. The molecule has 0 aromatic carbocycles. The fraction of sp³-hybridized carbons (Fsp3) is 0.571. The Kier molecular flexibility index (Phi) is 3.48. The van der Waals surface area contributed by atoms with Gasteiger partial charge in [-0.1, -0.05) is 0 Å². The lowest BCUT2D eigenvalue weighted by atomic mass is 10.4. The molecule has 0 radical (unpaired) electrons. The van der Waals surface area contributed by atoms with Gasteiger partial charge in [0.05, 0.1) is 29.0 Å². The molecule has 1 atom stereocenters. The number of hydrogen-bond donors (Lipinski definition) is 2. The summed E-state index contributed by atoms with van der Waals surface area (Å²) in [5.74, 6) is 0. The zero-order valence-electron chi connectivity index (χ0n) is 6.74. The molecule has 0 saturated carbocycles. The highest BCUT2D eigenvalue weighted by Gasteiger charge is 2.07. The van der Waals surface area contributed by atoms with Gasteiger partial charge in [-0.2, -0.15) is 5.10 Å². The van der Waals surface area contributed by atoms with Crippen molar-refractivity contribution in [3.63, 3.8) is 0 Å². The fourth-order valence-electron chi connectivity index (χ4n) is 0.865. The lowest BCUT2D eigenvalue weighted by Crippen LogP contribution is -2.21. The molecule has 1 aromatic heterocycles. The topological polar surface area (TPSA) is 58.3 Å². The van der Waals surface area contributed by atoms with Crippen LogP contribution in [0.25, 0.3) is 0 Å². The maximum Gasteiger partial charge on any atom is 0.0966 e. The normalized spacial score (nSPS) is 13.3. The monoisotopic (exact) mass is 282 g/mol. The maximum absolute atomic E-state index is 9.13. The SMILES string of the molecule is Cc1c(I)cnn1CC(O)CO. The Hall–Kier alpha value is -0.140. The molecular weight excluding hydrogens is 271 g/mol. The average molecular weight is 282 g/mol. The highest BCUT2D eigenvalue weighted by molar-refractivity contribution is 14.1. The number of aliphatic hydroxyl groups excluding tert-OH is 2. The summed E-state index contributed by atoms with van der Waals surface area (Å²) in [7, 11) is 0.